The van der Waals surface area contributed by atoms with E-state index in [9.17, 15) is 35.1 Å². The monoisotopic (exact) mass is 468 g/mol. The van der Waals surface area contributed by atoms with E-state index in [-0.39, 0.29) is 0 Å². The molecule has 0 aliphatic rings. The summed E-state index contributed by atoms with van der Waals surface area (Å²) in [5.74, 6) is -16.0. The van der Waals surface area contributed by atoms with Crippen LogP contribution in [0.15, 0.2) is 8.95 Å². The van der Waals surface area contributed by atoms with Gasteiger partial charge < -0.3 is 0 Å². The maximum atomic E-state index is 13.7. The number of hydrogen-bond donors (Lipinski definition) is 0. The van der Waals surface area contributed by atoms with Gasteiger partial charge in [0.1, 0.15) is 0 Å². The Hall–Kier alpha value is -1.16. The lowest BCUT2D eigenvalue weighted by Gasteiger charge is -2.13. The van der Waals surface area contributed by atoms with Crippen molar-refractivity contribution in [1.82, 2.24) is 0 Å². The minimum atomic E-state index is -2.18. The van der Waals surface area contributed by atoms with E-state index in [1.165, 1.54) is 0 Å². The summed E-state index contributed by atoms with van der Waals surface area (Å²) < 4.78 is 105. The third-order valence-electron chi connectivity index (χ3n) is 2.95. The summed E-state index contributed by atoms with van der Waals surface area (Å²) in [5, 5.41) is 0. The highest BCUT2D eigenvalue weighted by molar-refractivity contribution is 9.10. The van der Waals surface area contributed by atoms with E-state index in [1.807, 2.05) is 0 Å². The zero-order valence-electron chi connectivity index (χ0n) is 10.5. The van der Waals surface area contributed by atoms with Gasteiger partial charge in [0.25, 0.3) is 0 Å². The second-order valence-electron chi connectivity index (χ2n) is 4.27. The summed E-state index contributed by atoms with van der Waals surface area (Å²) in [6.07, 6.45) is -1.08. The van der Waals surface area contributed by atoms with Crippen molar-refractivity contribution in [2.24, 2.45) is 0 Å². The van der Waals surface area contributed by atoms with E-state index < -0.39 is 73.0 Å². The van der Waals surface area contributed by atoms with Crippen LogP contribution in [0.3, 0.4) is 0 Å². The van der Waals surface area contributed by atoms with Crippen LogP contribution in [-0.4, -0.2) is 0 Å². The molecule has 124 valence electrons. The van der Waals surface area contributed by atoms with Gasteiger partial charge in [0.2, 0.25) is 0 Å². The Morgan fingerprint density at radius 3 is 1.00 bits per heavy atom. The molecule has 0 amide bonds. The molecule has 0 unspecified atom stereocenters. The smallest absolute Gasteiger partial charge is 0.198 e. The van der Waals surface area contributed by atoms with Crippen LogP contribution in [0, 0.1) is 46.5 Å². The molecule has 0 nitrogen and oxygen atoms in total. The minimum Gasteiger partial charge on any atom is -0.203 e. The molecule has 0 bridgehead atoms. The molecular formula is C13H2Br2F8. The molecular weight excluding hydrogens is 468 g/mol. The van der Waals surface area contributed by atoms with Gasteiger partial charge in [0, 0.05) is 17.5 Å². The van der Waals surface area contributed by atoms with Gasteiger partial charge in [-0.1, -0.05) is 0 Å². The van der Waals surface area contributed by atoms with E-state index in [0.717, 1.165) is 0 Å². The molecule has 0 saturated carbocycles. The molecule has 0 heterocycles. The third-order valence-corrected chi connectivity index (χ3v) is 4.61. The minimum absolute atomic E-state index is 0.898. The summed E-state index contributed by atoms with van der Waals surface area (Å²) in [7, 11) is 0. The molecule has 10 heteroatoms. The van der Waals surface area contributed by atoms with Crippen molar-refractivity contribution < 1.29 is 35.1 Å². The Labute approximate surface area is 140 Å². The molecule has 0 aromatic heterocycles. The van der Waals surface area contributed by atoms with Crippen molar-refractivity contribution in [1.29, 1.82) is 0 Å². The van der Waals surface area contributed by atoms with E-state index >= 15 is 0 Å². The number of hydrogen-bond acceptors (Lipinski definition) is 0. The lowest BCUT2D eigenvalue weighted by molar-refractivity contribution is 0.395. The first-order chi connectivity index (χ1) is 10.6. The predicted molar refractivity (Wildman–Crippen MR) is 70.8 cm³/mol. The van der Waals surface area contributed by atoms with Crippen LogP contribution in [0.5, 0.6) is 0 Å². The quantitative estimate of drug-likeness (QED) is 0.291. The Kier molecular flexibility index (Phi) is 5.05. The molecule has 2 rings (SSSR count). The van der Waals surface area contributed by atoms with Crippen molar-refractivity contribution in [2.45, 2.75) is 6.42 Å². The van der Waals surface area contributed by atoms with Crippen LogP contribution in [0.2, 0.25) is 0 Å². The zero-order valence-corrected chi connectivity index (χ0v) is 13.7. The van der Waals surface area contributed by atoms with Gasteiger partial charge in [-0.3, -0.25) is 0 Å². The molecule has 0 fully saturated rings. The van der Waals surface area contributed by atoms with E-state index in [2.05, 4.69) is 31.9 Å². The lowest BCUT2D eigenvalue weighted by Crippen LogP contribution is -2.09. The maximum absolute atomic E-state index is 13.7. The van der Waals surface area contributed by atoms with Crippen LogP contribution in [0.4, 0.5) is 35.1 Å². The van der Waals surface area contributed by atoms with Gasteiger partial charge >= 0.3 is 0 Å². The van der Waals surface area contributed by atoms with E-state index in [4.69, 9.17) is 0 Å². The molecule has 0 radical (unpaired) electrons. The Morgan fingerprint density at radius 1 is 0.435 bits per heavy atom. The van der Waals surface area contributed by atoms with E-state index in [1.54, 1.807) is 0 Å². The second kappa shape index (κ2) is 6.39. The highest BCUT2D eigenvalue weighted by Crippen LogP contribution is 2.35. The van der Waals surface area contributed by atoms with Crippen molar-refractivity contribution in [3.63, 3.8) is 0 Å². The molecule has 0 atom stereocenters. The zero-order chi connectivity index (χ0) is 17.6. The van der Waals surface area contributed by atoms with Crippen molar-refractivity contribution in [3.8, 4) is 0 Å². The number of halogens is 10. The molecule has 0 spiro atoms. The summed E-state index contributed by atoms with van der Waals surface area (Å²) in [4.78, 5) is 0. The standard InChI is InChI=1S/C13H2Br2F8/c14-4-2(6(16)10(20)12(22)8(4)18)1-3-5(15)9(19)13(23)11(21)7(3)17/h1H2. The van der Waals surface area contributed by atoms with Gasteiger partial charge in [-0.05, 0) is 31.9 Å². The first kappa shape index (κ1) is 18.2. The highest BCUT2D eigenvalue weighted by atomic mass is 79.9. The van der Waals surface area contributed by atoms with Gasteiger partial charge in [-0.2, -0.15) is 0 Å². The van der Waals surface area contributed by atoms with E-state index in [0.29, 0.717) is 0 Å². The Balaban J connectivity index is 2.71. The fourth-order valence-corrected chi connectivity index (χ4v) is 2.76. The van der Waals surface area contributed by atoms with Crippen molar-refractivity contribution in [2.75, 3.05) is 0 Å². The number of benzene rings is 2. The molecule has 0 aliphatic heterocycles. The fraction of sp³-hybridized carbons (Fsp3) is 0.0769. The topological polar surface area (TPSA) is 0 Å². The summed E-state index contributed by atoms with van der Waals surface area (Å²) in [6.45, 7) is 0. The summed E-state index contributed by atoms with van der Waals surface area (Å²) >= 11 is 4.91. The van der Waals surface area contributed by atoms with Crippen LogP contribution >= 0.6 is 31.9 Å². The SMILES string of the molecule is Fc1c(F)c(F)c(Cc2c(F)c(F)c(F)c(F)c2Br)c(Br)c1F. The first-order valence-corrected chi connectivity index (χ1v) is 7.18. The molecule has 0 N–H and O–H groups in total. The molecule has 0 aliphatic carbocycles. The van der Waals surface area contributed by atoms with Crippen LogP contribution in [-0.2, 0) is 6.42 Å². The fourth-order valence-electron chi connectivity index (χ4n) is 1.79. The molecule has 0 saturated heterocycles. The second-order valence-corrected chi connectivity index (χ2v) is 5.86. The average Bonchev–Trinajstić information content (AvgIpc) is 2.54. The largest absolute Gasteiger partial charge is 0.203 e. The van der Waals surface area contributed by atoms with Crippen molar-refractivity contribution in [3.05, 3.63) is 66.6 Å². The Morgan fingerprint density at radius 2 is 0.696 bits per heavy atom. The van der Waals surface area contributed by atoms with Gasteiger partial charge in [-0.25, -0.2) is 35.1 Å². The summed E-state index contributed by atoms with van der Waals surface area (Å²) in [5.41, 5.74) is -1.88. The predicted octanol–water partition coefficient (Wildman–Crippen LogP) is 5.92. The average molecular weight is 470 g/mol. The molecule has 23 heavy (non-hydrogen) atoms. The first-order valence-electron chi connectivity index (χ1n) is 5.60. The lowest BCUT2D eigenvalue weighted by atomic mass is 10.0. The Bertz CT molecular complexity index is 693. The van der Waals surface area contributed by atoms with Crippen LogP contribution in [0.25, 0.3) is 0 Å². The molecule has 2 aromatic rings. The normalized spacial score (nSPS) is 11.2. The van der Waals surface area contributed by atoms with Gasteiger partial charge in [0.15, 0.2) is 46.5 Å². The van der Waals surface area contributed by atoms with Crippen LogP contribution in [0.1, 0.15) is 11.1 Å². The molecule has 2 aromatic carbocycles. The number of rotatable bonds is 2. The summed E-state index contributed by atoms with van der Waals surface area (Å²) in [6, 6.07) is 0. The maximum Gasteiger partial charge on any atom is 0.198 e. The van der Waals surface area contributed by atoms with Gasteiger partial charge in [0.05, 0.1) is 8.95 Å². The van der Waals surface area contributed by atoms with Crippen LogP contribution < -0.4 is 0 Å². The third kappa shape index (κ3) is 2.86. The van der Waals surface area contributed by atoms with Gasteiger partial charge in [-0.15, -0.1) is 0 Å². The highest BCUT2D eigenvalue weighted by Gasteiger charge is 2.28. The van der Waals surface area contributed by atoms with Crippen molar-refractivity contribution >= 4 is 31.9 Å².